The van der Waals surface area contributed by atoms with E-state index in [4.69, 9.17) is 4.74 Å². The van der Waals surface area contributed by atoms with Gasteiger partial charge in [-0.05, 0) is 39.7 Å². The first-order valence-corrected chi connectivity index (χ1v) is 8.94. The Balaban J connectivity index is 1.97. The smallest absolute Gasteiger partial charge is 0.187 e. The van der Waals surface area contributed by atoms with Gasteiger partial charge in [0.15, 0.2) is 5.78 Å². The van der Waals surface area contributed by atoms with Crippen LogP contribution in [0.3, 0.4) is 0 Å². The van der Waals surface area contributed by atoms with Crippen LogP contribution in [0.4, 0.5) is 5.69 Å². The first-order valence-electron chi connectivity index (χ1n) is 8.14. The Labute approximate surface area is 161 Å². The summed E-state index contributed by atoms with van der Waals surface area (Å²) in [7, 11) is 1.63. The lowest BCUT2D eigenvalue weighted by molar-refractivity contribution is 0.104. The number of halogens is 1. The Hall–Kier alpha value is -2.85. The first kappa shape index (κ1) is 18.0. The number of rotatable bonds is 6. The van der Waals surface area contributed by atoms with Crippen molar-refractivity contribution < 1.29 is 9.53 Å². The Kier molecular flexibility index (Phi) is 5.87. The molecule has 26 heavy (non-hydrogen) atoms. The van der Waals surface area contributed by atoms with Crippen molar-refractivity contribution in [2.45, 2.75) is 0 Å². The molecule has 130 valence electrons. The topological polar surface area (TPSA) is 38.3 Å². The molecule has 0 atom stereocenters. The molecule has 0 aliphatic heterocycles. The van der Waals surface area contributed by atoms with E-state index in [1.54, 1.807) is 13.2 Å². The lowest BCUT2D eigenvalue weighted by atomic mass is 10.1. The summed E-state index contributed by atoms with van der Waals surface area (Å²) < 4.78 is 6.09. The van der Waals surface area contributed by atoms with E-state index in [-0.39, 0.29) is 5.78 Å². The van der Waals surface area contributed by atoms with Crippen molar-refractivity contribution in [3.05, 3.63) is 101 Å². The lowest BCUT2D eigenvalue weighted by Crippen LogP contribution is -2.04. The standard InChI is InChI=1S/C22H18BrNO2/c1-26-18-12-13-20(19(23)14-18)24-21(16-8-4-2-5-9-16)15-22(25)17-10-6-3-7-11-17/h2-15,24H,1H3/b21-15-. The van der Waals surface area contributed by atoms with Crippen LogP contribution in [0.25, 0.3) is 5.70 Å². The molecule has 0 aliphatic rings. The molecular weight excluding hydrogens is 390 g/mol. The number of benzene rings is 3. The van der Waals surface area contributed by atoms with E-state index in [2.05, 4.69) is 21.2 Å². The van der Waals surface area contributed by atoms with Crippen molar-refractivity contribution in [1.29, 1.82) is 0 Å². The van der Waals surface area contributed by atoms with Crippen LogP contribution < -0.4 is 10.1 Å². The number of allylic oxidation sites excluding steroid dienone is 1. The van der Waals surface area contributed by atoms with Crippen molar-refractivity contribution in [2.75, 3.05) is 12.4 Å². The van der Waals surface area contributed by atoms with Crippen LogP contribution in [0.5, 0.6) is 5.75 Å². The number of ether oxygens (including phenoxy) is 1. The maximum absolute atomic E-state index is 12.7. The summed E-state index contributed by atoms with van der Waals surface area (Å²) in [6.07, 6.45) is 1.63. The van der Waals surface area contributed by atoms with Gasteiger partial charge in [-0.1, -0.05) is 60.7 Å². The van der Waals surface area contributed by atoms with E-state index in [1.165, 1.54) is 0 Å². The highest BCUT2D eigenvalue weighted by Gasteiger charge is 2.10. The van der Waals surface area contributed by atoms with Crippen LogP contribution in [0, 0.1) is 0 Å². The minimum atomic E-state index is -0.0541. The molecular formula is C22H18BrNO2. The van der Waals surface area contributed by atoms with E-state index in [9.17, 15) is 4.79 Å². The molecule has 3 nitrogen and oxygen atoms in total. The lowest BCUT2D eigenvalue weighted by Gasteiger charge is -2.14. The number of nitrogens with one attached hydrogen (secondary N) is 1. The molecule has 0 saturated carbocycles. The molecule has 3 aromatic rings. The quantitative estimate of drug-likeness (QED) is 0.414. The largest absolute Gasteiger partial charge is 0.497 e. The van der Waals surface area contributed by atoms with Gasteiger partial charge in [-0.25, -0.2) is 0 Å². The number of carbonyl (C=O) groups excluding carboxylic acids is 1. The third kappa shape index (κ3) is 4.41. The molecule has 0 radical (unpaired) electrons. The number of anilines is 1. The van der Waals surface area contributed by atoms with Gasteiger partial charge < -0.3 is 10.1 Å². The van der Waals surface area contributed by atoms with E-state index in [1.807, 2.05) is 78.9 Å². The zero-order valence-corrected chi connectivity index (χ0v) is 15.9. The normalized spacial score (nSPS) is 11.1. The van der Waals surface area contributed by atoms with Gasteiger partial charge in [0.25, 0.3) is 0 Å². The zero-order valence-electron chi connectivity index (χ0n) is 14.3. The summed E-state index contributed by atoms with van der Waals surface area (Å²) in [6.45, 7) is 0. The Morgan fingerprint density at radius 2 is 1.54 bits per heavy atom. The van der Waals surface area contributed by atoms with Crippen molar-refractivity contribution in [2.24, 2.45) is 0 Å². The first-order chi connectivity index (χ1) is 12.7. The van der Waals surface area contributed by atoms with Crippen LogP contribution in [0.1, 0.15) is 15.9 Å². The van der Waals surface area contributed by atoms with Gasteiger partial charge in [-0.3, -0.25) is 4.79 Å². The molecule has 0 heterocycles. The minimum Gasteiger partial charge on any atom is -0.497 e. The monoisotopic (exact) mass is 407 g/mol. The number of ketones is 1. The molecule has 0 spiro atoms. The second-order valence-corrected chi connectivity index (χ2v) is 6.48. The van der Waals surface area contributed by atoms with Crippen molar-refractivity contribution in [3.8, 4) is 5.75 Å². The zero-order chi connectivity index (χ0) is 18.4. The van der Waals surface area contributed by atoms with Gasteiger partial charge in [-0.15, -0.1) is 0 Å². The van der Waals surface area contributed by atoms with E-state index >= 15 is 0 Å². The average Bonchev–Trinajstić information content (AvgIpc) is 2.70. The summed E-state index contributed by atoms with van der Waals surface area (Å²) in [6, 6.07) is 24.7. The maximum Gasteiger partial charge on any atom is 0.187 e. The van der Waals surface area contributed by atoms with Crippen molar-refractivity contribution in [3.63, 3.8) is 0 Å². The van der Waals surface area contributed by atoms with Crippen molar-refractivity contribution >= 4 is 33.1 Å². The Bertz CT molecular complexity index is 921. The fourth-order valence-corrected chi connectivity index (χ4v) is 2.95. The molecule has 0 aliphatic carbocycles. The maximum atomic E-state index is 12.7. The third-order valence-corrected chi connectivity index (χ3v) is 4.52. The van der Waals surface area contributed by atoms with E-state index in [0.717, 1.165) is 27.2 Å². The average molecular weight is 408 g/mol. The second-order valence-electron chi connectivity index (χ2n) is 5.63. The van der Waals surface area contributed by atoms with Crippen LogP contribution in [-0.4, -0.2) is 12.9 Å². The molecule has 1 N–H and O–H groups in total. The molecule has 0 saturated heterocycles. The summed E-state index contributed by atoms with van der Waals surface area (Å²) in [5.41, 5.74) is 3.16. The highest BCUT2D eigenvalue weighted by molar-refractivity contribution is 9.10. The molecule has 0 unspecified atom stereocenters. The van der Waals surface area contributed by atoms with Gasteiger partial charge in [0.05, 0.1) is 12.8 Å². The second kappa shape index (κ2) is 8.50. The molecule has 3 aromatic carbocycles. The van der Waals surface area contributed by atoms with Crippen LogP contribution >= 0.6 is 15.9 Å². The predicted octanol–water partition coefficient (Wildman–Crippen LogP) is 5.79. The van der Waals surface area contributed by atoms with Gasteiger partial charge in [0.2, 0.25) is 0 Å². The number of hydrogen-bond acceptors (Lipinski definition) is 3. The Morgan fingerprint density at radius 3 is 2.12 bits per heavy atom. The summed E-state index contributed by atoms with van der Waals surface area (Å²) in [5.74, 6) is 0.703. The van der Waals surface area contributed by atoms with Crippen LogP contribution in [0.2, 0.25) is 0 Å². The van der Waals surface area contributed by atoms with Gasteiger partial charge in [0, 0.05) is 21.8 Å². The number of hydrogen-bond donors (Lipinski definition) is 1. The number of carbonyl (C=O) groups is 1. The van der Waals surface area contributed by atoms with Crippen LogP contribution in [0.15, 0.2) is 89.4 Å². The van der Waals surface area contributed by atoms with Gasteiger partial charge in [-0.2, -0.15) is 0 Å². The predicted molar refractivity (Wildman–Crippen MR) is 110 cm³/mol. The van der Waals surface area contributed by atoms with E-state index < -0.39 is 0 Å². The van der Waals surface area contributed by atoms with Crippen molar-refractivity contribution in [1.82, 2.24) is 0 Å². The summed E-state index contributed by atoms with van der Waals surface area (Å²) in [4.78, 5) is 12.7. The number of methoxy groups -OCH3 is 1. The molecule has 0 bridgehead atoms. The van der Waals surface area contributed by atoms with Gasteiger partial charge >= 0.3 is 0 Å². The van der Waals surface area contributed by atoms with Gasteiger partial charge in [0.1, 0.15) is 5.75 Å². The fourth-order valence-electron chi connectivity index (χ4n) is 2.50. The highest BCUT2D eigenvalue weighted by atomic mass is 79.9. The molecule has 0 amide bonds. The van der Waals surface area contributed by atoms with E-state index in [0.29, 0.717) is 5.56 Å². The third-order valence-electron chi connectivity index (χ3n) is 3.86. The molecule has 0 aromatic heterocycles. The highest BCUT2D eigenvalue weighted by Crippen LogP contribution is 2.30. The summed E-state index contributed by atoms with van der Waals surface area (Å²) >= 11 is 3.55. The summed E-state index contributed by atoms with van der Waals surface area (Å²) in [5, 5.41) is 3.35. The fraction of sp³-hybridized carbons (Fsp3) is 0.0455. The molecule has 4 heteroatoms. The van der Waals surface area contributed by atoms with Crippen LogP contribution in [-0.2, 0) is 0 Å². The Morgan fingerprint density at radius 1 is 0.923 bits per heavy atom. The minimum absolute atomic E-state index is 0.0541. The SMILES string of the molecule is COc1ccc(N/C(=C\C(=O)c2ccccc2)c2ccccc2)c(Br)c1. The molecule has 3 rings (SSSR count). The molecule has 0 fully saturated rings.